The minimum Gasteiger partial charge on any atom is -0.446 e. The van der Waals surface area contributed by atoms with E-state index in [1.165, 1.54) is 0 Å². The molecule has 1 fully saturated rings. The van der Waals surface area contributed by atoms with Gasteiger partial charge in [-0.15, -0.1) is 0 Å². The maximum Gasteiger partial charge on any atom is 0.418 e. The first-order chi connectivity index (χ1) is 9.24. The SMILES string of the molecule is CCCC#CC(=O)N1C(=O)OC[C@@H]1c1ccccc1. The molecule has 0 spiro atoms. The van der Waals surface area contributed by atoms with E-state index in [9.17, 15) is 9.59 Å². The summed E-state index contributed by atoms with van der Waals surface area (Å²) >= 11 is 0. The van der Waals surface area contributed by atoms with Crippen LogP contribution < -0.4 is 0 Å². The first-order valence-electron chi connectivity index (χ1n) is 6.27. The molecule has 1 aliphatic rings. The Morgan fingerprint density at radius 3 is 2.84 bits per heavy atom. The van der Waals surface area contributed by atoms with Crippen LogP contribution >= 0.6 is 0 Å². The van der Waals surface area contributed by atoms with Crippen molar-refractivity contribution >= 4 is 12.0 Å². The van der Waals surface area contributed by atoms with Crippen LogP contribution in [0.2, 0.25) is 0 Å². The minimum atomic E-state index is -0.621. The van der Waals surface area contributed by atoms with E-state index in [1.54, 1.807) is 0 Å². The molecule has 98 valence electrons. The molecule has 1 heterocycles. The second kappa shape index (κ2) is 6.05. The van der Waals surface area contributed by atoms with Gasteiger partial charge in [-0.3, -0.25) is 4.79 Å². The molecule has 0 N–H and O–H groups in total. The lowest BCUT2D eigenvalue weighted by Gasteiger charge is -2.17. The van der Waals surface area contributed by atoms with Crippen molar-refractivity contribution in [1.29, 1.82) is 0 Å². The summed E-state index contributed by atoms with van der Waals surface area (Å²) in [6, 6.07) is 8.97. The second-order valence-corrected chi connectivity index (χ2v) is 4.23. The minimum absolute atomic E-state index is 0.185. The highest BCUT2D eigenvalue weighted by Gasteiger charge is 2.38. The molecule has 0 bridgehead atoms. The summed E-state index contributed by atoms with van der Waals surface area (Å²) < 4.78 is 4.96. The maximum atomic E-state index is 12.0. The van der Waals surface area contributed by atoms with Crippen molar-refractivity contribution in [3.63, 3.8) is 0 Å². The van der Waals surface area contributed by atoms with Crippen molar-refractivity contribution in [2.24, 2.45) is 0 Å². The van der Waals surface area contributed by atoms with Gasteiger partial charge < -0.3 is 4.74 Å². The molecule has 0 radical (unpaired) electrons. The van der Waals surface area contributed by atoms with E-state index in [4.69, 9.17) is 4.74 Å². The van der Waals surface area contributed by atoms with E-state index in [0.717, 1.165) is 16.9 Å². The zero-order valence-corrected chi connectivity index (χ0v) is 10.8. The molecule has 1 aromatic carbocycles. The lowest BCUT2D eigenvalue weighted by molar-refractivity contribution is -0.123. The first-order valence-corrected chi connectivity index (χ1v) is 6.27. The molecule has 4 heteroatoms. The van der Waals surface area contributed by atoms with E-state index >= 15 is 0 Å². The number of carbonyl (C=O) groups excluding carboxylic acids is 2. The Morgan fingerprint density at radius 2 is 2.16 bits per heavy atom. The predicted octanol–water partition coefficient (Wildman–Crippen LogP) is 2.51. The highest BCUT2D eigenvalue weighted by molar-refractivity contribution is 6.03. The molecule has 0 aromatic heterocycles. The first kappa shape index (κ1) is 13.2. The fourth-order valence-electron chi connectivity index (χ4n) is 1.89. The molecule has 1 aliphatic heterocycles. The zero-order valence-electron chi connectivity index (χ0n) is 10.8. The third-order valence-electron chi connectivity index (χ3n) is 2.85. The van der Waals surface area contributed by atoms with E-state index in [1.807, 2.05) is 37.3 Å². The number of imide groups is 1. The van der Waals surface area contributed by atoms with Crippen molar-refractivity contribution in [2.75, 3.05) is 6.61 Å². The number of cyclic esters (lactones) is 1. The van der Waals surface area contributed by atoms with Gasteiger partial charge in [-0.25, -0.2) is 9.69 Å². The third kappa shape index (κ3) is 2.94. The summed E-state index contributed by atoms with van der Waals surface area (Å²) in [6.45, 7) is 2.17. The van der Waals surface area contributed by atoms with E-state index < -0.39 is 12.0 Å². The molecule has 1 atom stereocenters. The van der Waals surface area contributed by atoms with Gasteiger partial charge in [-0.2, -0.15) is 0 Å². The van der Waals surface area contributed by atoms with Crippen molar-refractivity contribution in [3.05, 3.63) is 35.9 Å². The molecule has 0 aliphatic carbocycles. The van der Waals surface area contributed by atoms with Gasteiger partial charge in [-0.05, 0) is 17.9 Å². The molecule has 19 heavy (non-hydrogen) atoms. The number of unbranched alkanes of at least 4 members (excludes halogenated alkanes) is 1. The highest BCUT2D eigenvalue weighted by Crippen LogP contribution is 2.27. The van der Waals surface area contributed by atoms with E-state index in [2.05, 4.69) is 11.8 Å². The summed E-state index contributed by atoms with van der Waals surface area (Å²) in [5.74, 6) is 4.75. The van der Waals surface area contributed by atoms with Crippen LogP contribution in [-0.2, 0) is 9.53 Å². The number of rotatable bonds is 2. The predicted molar refractivity (Wildman–Crippen MR) is 70.1 cm³/mol. The standard InChI is InChI=1S/C15H15NO3/c1-2-3-5-10-14(17)16-13(11-19-15(16)18)12-8-6-4-7-9-12/h4,6-9,13H,2-3,11H2,1H3/t13-/m1/s1. The van der Waals surface area contributed by atoms with Crippen LogP contribution in [0.4, 0.5) is 4.79 Å². The third-order valence-corrected chi connectivity index (χ3v) is 2.85. The molecule has 4 nitrogen and oxygen atoms in total. The van der Waals surface area contributed by atoms with Crippen LogP contribution in [0.5, 0.6) is 0 Å². The summed E-state index contributed by atoms with van der Waals surface area (Å²) in [5.41, 5.74) is 0.874. The molecule has 0 saturated carbocycles. The van der Waals surface area contributed by atoms with E-state index in [-0.39, 0.29) is 12.6 Å². The number of nitrogens with zero attached hydrogens (tertiary/aromatic N) is 1. The Bertz CT molecular complexity index is 527. The highest BCUT2D eigenvalue weighted by atomic mass is 16.6. The van der Waals surface area contributed by atoms with Gasteiger partial charge in [-0.1, -0.05) is 43.2 Å². The Balaban J connectivity index is 2.19. The molecular formula is C15H15NO3. The smallest absolute Gasteiger partial charge is 0.418 e. The topological polar surface area (TPSA) is 46.6 Å². The van der Waals surface area contributed by atoms with Crippen molar-refractivity contribution in [1.82, 2.24) is 4.90 Å². The Labute approximate surface area is 112 Å². The van der Waals surface area contributed by atoms with Gasteiger partial charge in [0.05, 0.1) is 0 Å². The van der Waals surface area contributed by atoms with E-state index in [0.29, 0.717) is 6.42 Å². The van der Waals surface area contributed by atoms with Crippen molar-refractivity contribution < 1.29 is 14.3 Å². The summed E-state index contributed by atoms with van der Waals surface area (Å²) in [4.78, 5) is 24.7. The van der Waals surface area contributed by atoms with Gasteiger partial charge in [0.25, 0.3) is 0 Å². The fraction of sp³-hybridized carbons (Fsp3) is 0.333. The van der Waals surface area contributed by atoms with Gasteiger partial charge in [0, 0.05) is 6.42 Å². The van der Waals surface area contributed by atoms with Crippen LogP contribution in [0, 0.1) is 11.8 Å². The fourth-order valence-corrected chi connectivity index (χ4v) is 1.89. The average molecular weight is 257 g/mol. The number of ether oxygens (including phenoxy) is 1. The van der Waals surface area contributed by atoms with Crippen LogP contribution in [0.25, 0.3) is 0 Å². The summed E-state index contributed by atoms with van der Waals surface area (Å²) in [6.07, 6.45) is 0.905. The quantitative estimate of drug-likeness (QED) is 0.765. The molecule has 1 aromatic rings. The number of hydrogen-bond donors (Lipinski definition) is 0. The maximum absolute atomic E-state index is 12.0. The zero-order chi connectivity index (χ0) is 13.7. The summed E-state index contributed by atoms with van der Waals surface area (Å²) in [5, 5.41) is 0. The molecule has 1 saturated heterocycles. The Hall–Kier alpha value is -2.28. The van der Waals surface area contributed by atoms with Gasteiger partial charge in [0.2, 0.25) is 0 Å². The lowest BCUT2D eigenvalue weighted by atomic mass is 10.1. The molecule has 2 rings (SSSR count). The van der Waals surface area contributed by atoms with Crippen LogP contribution in [-0.4, -0.2) is 23.5 Å². The normalized spacial score (nSPS) is 17.6. The Kier molecular flexibility index (Phi) is 4.19. The second-order valence-electron chi connectivity index (χ2n) is 4.23. The van der Waals surface area contributed by atoms with Crippen molar-refractivity contribution in [3.8, 4) is 11.8 Å². The van der Waals surface area contributed by atoms with Crippen LogP contribution in [0.1, 0.15) is 31.4 Å². The number of hydrogen-bond acceptors (Lipinski definition) is 3. The van der Waals surface area contributed by atoms with Crippen LogP contribution in [0.15, 0.2) is 30.3 Å². The van der Waals surface area contributed by atoms with Gasteiger partial charge in [0.1, 0.15) is 12.6 Å². The lowest BCUT2D eigenvalue weighted by Crippen LogP contribution is -2.33. The Morgan fingerprint density at radius 1 is 1.42 bits per heavy atom. The molecular weight excluding hydrogens is 242 g/mol. The number of amides is 2. The number of carbonyl (C=O) groups is 2. The molecule has 2 amide bonds. The monoisotopic (exact) mass is 257 g/mol. The largest absolute Gasteiger partial charge is 0.446 e. The van der Waals surface area contributed by atoms with Crippen LogP contribution in [0.3, 0.4) is 0 Å². The van der Waals surface area contributed by atoms with Gasteiger partial charge >= 0.3 is 12.0 Å². The summed E-state index contributed by atoms with van der Waals surface area (Å²) in [7, 11) is 0. The number of benzene rings is 1. The van der Waals surface area contributed by atoms with Gasteiger partial charge in [0.15, 0.2) is 0 Å². The average Bonchev–Trinajstić information content (AvgIpc) is 2.82. The molecule has 0 unspecified atom stereocenters. The van der Waals surface area contributed by atoms with Crippen molar-refractivity contribution in [2.45, 2.75) is 25.8 Å².